The second kappa shape index (κ2) is 9.94. The van der Waals surface area contributed by atoms with E-state index in [2.05, 4.69) is 33.2 Å². The molecule has 4 aromatic rings. The molecule has 0 spiro atoms. The fraction of sp³-hybridized carbons (Fsp3) is 0.385. The van der Waals surface area contributed by atoms with Gasteiger partial charge in [-0.2, -0.15) is 0 Å². The largest absolute Gasteiger partial charge is 0.363 e. The lowest BCUT2D eigenvalue weighted by molar-refractivity contribution is -0.132. The summed E-state index contributed by atoms with van der Waals surface area (Å²) < 4.78 is 14.4. The van der Waals surface area contributed by atoms with Gasteiger partial charge in [0, 0.05) is 43.2 Å². The molecule has 1 aliphatic rings. The van der Waals surface area contributed by atoms with Gasteiger partial charge in [-0.15, -0.1) is 11.3 Å². The predicted octanol–water partition coefficient (Wildman–Crippen LogP) is 4.07. The third kappa shape index (κ3) is 4.83. The summed E-state index contributed by atoms with van der Waals surface area (Å²) in [4.78, 5) is 33.2. The molecule has 188 valence electrons. The molecule has 1 N–H and O–H groups in total. The third-order valence-corrected chi connectivity index (χ3v) is 7.39. The number of hydrogen-bond donors (Lipinski definition) is 1. The van der Waals surface area contributed by atoms with Crippen LogP contribution in [0.3, 0.4) is 0 Å². The number of benzene rings is 1. The molecule has 0 unspecified atom stereocenters. The van der Waals surface area contributed by atoms with Gasteiger partial charge < -0.3 is 20.0 Å². The summed E-state index contributed by atoms with van der Waals surface area (Å²) >= 11 is 1.58. The molecule has 3 aromatic heterocycles. The zero-order chi connectivity index (χ0) is 25.4. The van der Waals surface area contributed by atoms with Crippen molar-refractivity contribution in [1.29, 1.82) is 0 Å². The number of carbonyl (C=O) groups excluding carboxylic acids is 1. The minimum Gasteiger partial charge on any atom is -0.363 e. The third-order valence-electron chi connectivity index (χ3n) is 6.57. The second-order valence-corrected chi connectivity index (χ2v) is 10.4. The van der Waals surface area contributed by atoms with Crippen molar-refractivity contribution in [3.8, 4) is 0 Å². The Morgan fingerprint density at radius 3 is 2.72 bits per heavy atom. The highest BCUT2D eigenvalue weighted by atomic mass is 32.1. The van der Waals surface area contributed by atoms with E-state index in [1.807, 2.05) is 41.4 Å². The fourth-order valence-corrected chi connectivity index (χ4v) is 5.35. The van der Waals surface area contributed by atoms with E-state index in [1.165, 1.54) is 6.07 Å². The molecule has 0 radical (unpaired) electrons. The van der Waals surface area contributed by atoms with Crippen molar-refractivity contribution in [2.75, 3.05) is 57.0 Å². The molecule has 8 nitrogen and oxygen atoms in total. The standard InChI is InChI=1S/C26H30FN7OS/c1-16-11-18-12-20(17(2)30-24-19-5-10-36-26(19)29-15-28-24)25(31-22(18)13-21(16)27)34-8-6-33(7-9-34)23(35)14-32(3)4/h5,10-13,15,17H,6-9,14H2,1-4H3,(H,28,29,30)/t17-/m0/s1. The topological polar surface area (TPSA) is 77.5 Å². The zero-order valence-corrected chi connectivity index (χ0v) is 21.8. The SMILES string of the molecule is Cc1cc2cc([C@H](C)Nc3ncnc4sccc34)c(N3CCN(C(=O)CN(C)C)CC3)nc2cc1F. The highest BCUT2D eigenvalue weighted by molar-refractivity contribution is 7.16. The van der Waals surface area contributed by atoms with Gasteiger partial charge in [-0.1, -0.05) is 0 Å². The van der Waals surface area contributed by atoms with Crippen LogP contribution in [-0.2, 0) is 4.79 Å². The zero-order valence-electron chi connectivity index (χ0n) is 21.0. The number of carbonyl (C=O) groups is 1. The Hall–Kier alpha value is -3.37. The van der Waals surface area contributed by atoms with E-state index >= 15 is 0 Å². The number of likely N-dealkylation sites (N-methyl/N-ethyl adjacent to an activating group) is 1. The normalized spacial score (nSPS) is 15.2. The number of nitrogens with zero attached hydrogens (tertiary/aromatic N) is 6. The van der Waals surface area contributed by atoms with Crippen molar-refractivity contribution in [3.63, 3.8) is 0 Å². The number of aryl methyl sites for hydroxylation is 1. The molecule has 10 heteroatoms. The molecule has 1 fully saturated rings. The smallest absolute Gasteiger partial charge is 0.236 e. The molecule has 1 amide bonds. The Kier molecular flexibility index (Phi) is 6.72. The lowest BCUT2D eigenvalue weighted by atomic mass is 10.0. The van der Waals surface area contributed by atoms with Gasteiger partial charge in [0.25, 0.3) is 0 Å². The molecular weight excluding hydrogens is 477 g/mol. The Bertz CT molecular complexity index is 1410. The summed E-state index contributed by atoms with van der Waals surface area (Å²) in [6, 6.07) is 7.35. The van der Waals surface area contributed by atoms with Crippen LogP contribution in [0.25, 0.3) is 21.1 Å². The first-order chi connectivity index (χ1) is 17.3. The van der Waals surface area contributed by atoms with Gasteiger partial charge in [-0.3, -0.25) is 4.79 Å². The molecule has 0 aliphatic carbocycles. The van der Waals surface area contributed by atoms with E-state index in [9.17, 15) is 9.18 Å². The minimum absolute atomic E-state index is 0.117. The number of nitrogens with one attached hydrogen (secondary N) is 1. The van der Waals surface area contributed by atoms with Crippen LogP contribution in [0, 0.1) is 12.7 Å². The van der Waals surface area contributed by atoms with Crippen molar-refractivity contribution in [2.24, 2.45) is 0 Å². The number of rotatable bonds is 6. The molecule has 1 aliphatic heterocycles. The summed E-state index contributed by atoms with van der Waals surface area (Å²) in [5.41, 5.74) is 2.22. The highest BCUT2D eigenvalue weighted by Crippen LogP contribution is 2.33. The first-order valence-corrected chi connectivity index (χ1v) is 12.9. The van der Waals surface area contributed by atoms with Crippen LogP contribution in [0.5, 0.6) is 0 Å². The van der Waals surface area contributed by atoms with Crippen LogP contribution in [0.4, 0.5) is 16.0 Å². The van der Waals surface area contributed by atoms with Gasteiger partial charge in [0.05, 0.1) is 23.5 Å². The Morgan fingerprint density at radius 2 is 1.97 bits per heavy atom. The second-order valence-electron chi connectivity index (χ2n) is 9.53. The minimum atomic E-state index is -0.264. The maximum Gasteiger partial charge on any atom is 0.236 e. The predicted molar refractivity (Wildman–Crippen MR) is 143 cm³/mol. The van der Waals surface area contributed by atoms with E-state index in [1.54, 1.807) is 24.6 Å². The summed E-state index contributed by atoms with van der Waals surface area (Å²) in [6.07, 6.45) is 1.57. The number of piperazine rings is 1. The monoisotopic (exact) mass is 507 g/mol. The Balaban J connectivity index is 1.48. The van der Waals surface area contributed by atoms with Crippen molar-refractivity contribution in [3.05, 3.63) is 52.9 Å². The van der Waals surface area contributed by atoms with Gasteiger partial charge in [-0.05, 0) is 57.1 Å². The first kappa shape index (κ1) is 24.3. The average Bonchev–Trinajstić information content (AvgIpc) is 3.34. The Labute approximate surface area is 213 Å². The van der Waals surface area contributed by atoms with Crippen LogP contribution in [-0.4, -0.2) is 77.5 Å². The van der Waals surface area contributed by atoms with Crippen LogP contribution < -0.4 is 10.2 Å². The van der Waals surface area contributed by atoms with E-state index < -0.39 is 0 Å². The van der Waals surface area contributed by atoms with E-state index in [0.29, 0.717) is 43.8 Å². The van der Waals surface area contributed by atoms with Crippen LogP contribution in [0.1, 0.15) is 24.1 Å². The summed E-state index contributed by atoms with van der Waals surface area (Å²) in [7, 11) is 3.80. The molecule has 0 saturated carbocycles. The van der Waals surface area contributed by atoms with Crippen molar-refractivity contribution in [1.82, 2.24) is 24.8 Å². The molecule has 5 rings (SSSR count). The quantitative estimate of drug-likeness (QED) is 0.422. The van der Waals surface area contributed by atoms with Gasteiger partial charge in [-0.25, -0.2) is 19.3 Å². The van der Waals surface area contributed by atoms with E-state index in [4.69, 9.17) is 4.98 Å². The Morgan fingerprint density at radius 1 is 1.19 bits per heavy atom. The number of thiophene rings is 1. The van der Waals surface area contributed by atoms with Crippen LogP contribution >= 0.6 is 11.3 Å². The number of anilines is 2. The number of amides is 1. The number of halogens is 1. The molecular formula is C26H30FN7OS. The van der Waals surface area contributed by atoms with Gasteiger partial charge >= 0.3 is 0 Å². The summed E-state index contributed by atoms with van der Waals surface area (Å²) in [6.45, 7) is 6.81. The van der Waals surface area contributed by atoms with Crippen molar-refractivity contribution in [2.45, 2.75) is 19.9 Å². The van der Waals surface area contributed by atoms with Crippen LogP contribution in [0.15, 0.2) is 36.0 Å². The average molecular weight is 508 g/mol. The lowest BCUT2D eigenvalue weighted by Gasteiger charge is -2.37. The number of hydrogen-bond acceptors (Lipinski definition) is 8. The van der Waals surface area contributed by atoms with Gasteiger partial charge in [0.15, 0.2) is 0 Å². The van der Waals surface area contributed by atoms with Gasteiger partial charge in [0.2, 0.25) is 5.91 Å². The molecule has 36 heavy (non-hydrogen) atoms. The van der Waals surface area contributed by atoms with E-state index in [0.717, 1.165) is 32.8 Å². The molecule has 0 bridgehead atoms. The molecule has 4 heterocycles. The molecule has 1 atom stereocenters. The van der Waals surface area contributed by atoms with Gasteiger partial charge in [0.1, 0.15) is 28.6 Å². The van der Waals surface area contributed by atoms with Crippen LogP contribution in [0.2, 0.25) is 0 Å². The lowest BCUT2D eigenvalue weighted by Crippen LogP contribution is -2.51. The highest BCUT2D eigenvalue weighted by Gasteiger charge is 2.26. The fourth-order valence-electron chi connectivity index (χ4n) is 4.61. The number of aromatic nitrogens is 3. The van der Waals surface area contributed by atoms with Crippen molar-refractivity contribution >= 4 is 50.0 Å². The maximum atomic E-state index is 14.4. The number of pyridine rings is 1. The number of fused-ring (bicyclic) bond motifs is 2. The molecule has 1 saturated heterocycles. The van der Waals surface area contributed by atoms with E-state index in [-0.39, 0.29) is 17.8 Å². The van der Waals surface area contributed by atoms with Crippen molar-refractivity contribution < 1.29 is 9.18 Å². The summed E-state index contributed by atoms with van der Waals surface area (Å²) in [5.74, 6) is 1.44. The summed E-state index contributed by atoms with van der Waals surface area (Å²) in [5, 5.41) is 7.43. The molecule has 1 aromatic carbocycles. The maximum absolute atomic E-state index is 14.4. The first-order valence-electron chi connectivity index (χ1n) is 12.0.